The van der Waals surface area contributed by atoms with Crippen molar-refractivity contribution >= 4 is 34.0 Å². The van der Waals surface area contributed by atoms with Crippen molar-refractivity contribution in [3.05, 3.63) is 29.7 Å². The minimum absolute atomic E-state index is 0.542. The summed E-state index contributed by atoms with van der Waals surface area (Å²) in [5.74, 6) is 0. The van der Waals surface area contributed by atoms with Crippen LogP contribution in [0.25, 0.3) is 16.7 Å². The maximum Gasteiger partial charge on any atom is 0.184 e. The predicted octanol–water partition coefficient (Wildman–Crippen LogP) is 1.48. The summed E-state index contributed by atoms with van der Waals surface area (Å²) in [7, 11) is 0. The Kier molecular flexibility index (Phi) is 2.26. The van der Waals surface area contributed by atoms with Crippen LogP contribution in [-0.2, 0) is 0 Å². The predicted molar refractivity (Wildman–Crippen MR) is 80.8 cm³/mol. The summed E-state index contributed by atoms with van der Waals surface area (Å²) in [5.41, 5.74) is 3.84. The lowest BCUT2D eigenvalue weighted by Gasteiger charge is -2.29. The van der Waals surface area contributed by atoms with Gasteiger partial charge in [-0.2, -0.15) is 0 Å². The van der Waals surface area contributed by atoms with Gasteiger partial charge in [-0.05, 0) is 18.6 Å². The fourth-order valence-corrected chi connectivity index (χ4v) is 3.74. The number of fused-ring (bicyclic) bond motifs is 5. The van der Waals surface area contributed by atoms with Crippen LogP contribution >= 0.6 is 11.6 Å². The molecule has 0 amide bonds. The number of nitrogens with one attached hydrogen (secondary N) is 1. The minimum atomic E-state index is 0.542. The number of hydrogen-bond donors (Lipinski definition) is 1. The first-order chi connectivity index (χ1) is 10.3. The van der Waals surface area contributed by atoms with E-state index in [4.69, 9.17) is 11.6 Å². The smallest absolute Gasteiger partial charge is 0.184 e. The van der Waals surface area contributed by atoms with Crippen LogP contribution in [-0.4, -0.2) is 44.8 Å². The highest BCUT2D eigenvalue weighted by molar-refractivity contribution is 6.31. The molecule has 0 aromatic carbocycles. The van der Waals surface area contributed by atoms with E-state index in [2.05, 4.69) is 31.5 Å². The maximum absolute atomic E-state index is 6.07. The van der Waals surface area contributed by atoms with E-state index in [0.29, 0.717) is 17.1 Å². The number of anilines is 1. The number of nitrogens with zero attached hydrogens (tertiary/aromatic N) is 5. The molecular formula is C14H13ClN6. The Morgan fingerprint density at radius 3 is 3.10 bits per heavy atom. The molecule has 2 atom stereocenters. The zero-order chi connectivity index (χ0) is 14.0. The van der Waals surface area contributed by atoms with Crippen LogP contribution in [0.5, 0.6) is 0 Å². The third kappa shape index (κ3) is 1.60. The fourth-order valence-electron chi connectivity index (χ4n) is 3.59. The molecule has 0 unspecified atom stereocenters. The lowest BCUT2D eigenvalue weighted by molar-refractivity contribution is 0.580. The van der Waals surface area contributed by atoms with E-state index < -0.39 is 0 Å². The van der Waals surface area contributed by atoms with Crippen molar-refractivity contribution in [1.82, 2.24) is 24.9 Å². The van der Waals surface area contributed by atoms with Crippen LogP contribution in [0.15, 0.2) is 24.7 Å². The highest BCUT2D eigenvalue weighted by Crippen LogP contribution is 2.34. The number of rotatable bonds is 1. The van der Waals surface area contributed by atoms with Gasteiger partial charge in [0.15, 0.2) is 5.65 Å². The average Bonchev–Trinajstić information content (AvgIpc) is 3.22. The summed E-state index contributed by atoms with van der Waals surface area (Å²) < 4.78 is 1.98. The Morgan fingerprint density at radius 2 is 2.29 bits per heavy atom. The molecule has 5 heterocycles. The SMILES string of the molecule is Clc1cnc2cc(N3C[C@@H]4C[C@H]3CN4)c3nncn3c2c1. The summed E-state index contributed by atoms with van der Waals surface area (Å²) >= 11 is 6.07. The molecule has 6 nitrogen and oxygen atoms in total. The van der Waals surface area contributed by atoms with E-state index in [-0.39, 0.29) is 0 Å². The van der Waals surface area contributed by atoms with Gasteiger partial charge in [-0.1, -0.05) is 11.6 Å². The Balaban J connectivity index is 1.79. The molecular weight excluding hydrogens is 288 g/mol. The van der Waals surface area contributed by atoms with Gasteiger partial charge in [-0.25, -0.2) is 0 Å². The van der Waals surface area contributed by atoms with Gasteiger partial charge >= 0.3 is 0 Å². The topological polar surface area (TPSA) is 58.4 Å². The quantitative estimate of drug-likeness (QED) is 0.738. The monoisotopic (exact) mass is 300 g/mol. The third-order valence-corrected chi connectivity index (χ3v) is 4.75. The number of aromatic nitrogens is 4. The molecule has 2 aliphatic rings. The van der Waals surface area contributed by atoms with Gasteiger partial charge < -0.3 is 10.2 Å². The summed E-state index contributed by atoms with van der Waals surface area (Å²) in [5, 5.41) is 12.5. The fraction of sp³-hybridized carbons (Fsp3) is 0.357. The molecule has 7 heteroatoms. The van der Waals surface area contributed by atoms with Crippen molar-refractivity contribution in [2.45, 2.75) is 18.5 Å². The van der Waals surface area contributed by atoms with Crippen LogP contribution < -0.4 is 10.2 Å². The molecule has 0 aliphatic carbocycles. The van der Waals surface area contributed by atoms with Gasteiger partial charge in [-0.3, -0.25) is 9.38 Å². The van der Waals surface area contributed by atoms with Crippen LogP contribution in [0.4, 0.5) is 5.69 Å². The summed E-state index contributed by atoms with van der Waals surface area (Å²) in [6.45, 7) is 2.06. The second-order valence-corrected chi connectivity index (χ2v) is 6.20. The Bertz CT molecular complexity index is 859. The van der Waals surface area contributed by atoms with Crippen LogP contribution in [0.3, 0.4) is 0 Å². The molecule has 0 spiro atoms. The Labute approximate surface area is 125 Å². The first-order valence-electron chi connectivity index (χ1n) is 7.07. The zero-order valence-electron chi connectivity index (χ0n) is 11.2. The van der Waals surface area contributed by atoms with Gasteiger partial charge in [0.1, 0.15) is 6.33 Å². The molecule has 21 heavy (non-hydrogen) atoms. The van der Waals surface area contributed by atoms with Crippen LogP contribution in [0, 0.1) is 0 Å². The van der Waals surface area contributed by atoms with Crippen molar-refractivity contribution in [2.24, 2.45) is 0 Å². The first-order valence-corrected chi connectivity index (χ1v) is 7.45. The lowest BCUT2D eigenvalue weighted by Crippen LogP contribution is -2.43. The summed E-state index contributed by atoms with van der Waals surface area (Å²) in [4.78, 5) is 6.89. The van der Waals surface area contributed by atoms with Crippen molar-refractivity contribution < 1.29 is 0 Å². The zero-order valence-corrected chi connectivity index (χ0v) is 12.0. The molecule has 2 bridgehead atoms. The summed E-state index contributed by atoms with van der Waals surface area (Å²) in [6, 6.07) is 5.14. The number of pyridine rings is 2. The van der Waals surface area contributed by atoms with Crippen LogP contribution in [0.1, 0.15) is 6.42 Å². The first kappa shape index (κ1) is 11.7. The van der Waals surface area contributed by atoms with E-state index in [0.717, 1.165) is 35.5 Å². The van der Waals surface area contributed by atoms with Gasteiger partial charge in [0.2, 0.25) is 0 Å². The van der Waals surface area contributed by atoms with Crippen molar-refractivity contribution in [3.8, 4) is 0 Å². The van der Waals surface area contributed by atoms with Crippen LogP contribution in [0.2, 0.25) is 5.02 Å². The van der Waals surface area contributed by atoms with E-state index in [1.165, 1.54) is 6.42 Å². The Hall–Kier alpha value is -1.92. The van der Waals surface area contributed by atoms with Crippen molar-refractivity contribution in [2.75, 3.05) is 18.0 Å². The third-order valence-electron chi connectivity index (χ3n) is 4.54. The highest BCUT2D eigenvalue weighted by Gasteiger charge is 2.38. The molecule has 0 radical (unpaired) electrons. The van der Waals surface area contributed by atoms with Crippen molar-refractivity contribution in [3.63, 3.8) is 0 Å². The van der Waals surface area contributed by atoms with Crippen molar-refractivity contribution in [1.29, 1.82) is 0 Å². The van der Waals surface area contributed by atoms with Gasteiger partial charge in [0, 0.05) is 31.4 Å². The number of piperazine rings is 1. The molecule has 2 saturated heterocycles. The minimum Gasteiger partial charge on any atom is -0.363 e. The van der Waals surface area contributed by atoms with E-state index in [1.54, 1.807) is 12.5 Å². The second kappa shape index (κ2) is 4.05. The van der Waals surface area contributed by atoms with Gasteiger partial charge in [0.25, 0.3) is 0 Å². The Morgan fingerprint density at radius 1 is 1.33 bits per heavy atom. The van der Waals surface area contributed by atoms with E-state index in [1.807, 2.05) is 10.5 Å². The molecule has 5 rings (SSSR count). The van der Waals surface area contributed by atoms with Gasteiger partial charge in [-0.15, -0.1) is 10.2 Å². The molecule has 2 aliphatic heterocycles. The largest absolute Gasteiger partial charge is 0.363 e. The highest BCUT2D eigenvalue weighted by atomic mass is 35.5. The summed E-state index contributed by atoms with van der Waals surface area (Å²) in [6.07, 6.45) is 4.61. The van der Waals surface area contributed by atoms with E-state index in [9.17, 15) is 0 Å². The molecule has 106 valence electrons. The maximum atomic E-state index is 6.07. The molecule has 3 aromatic rings. The average molecular weight is 301 g/mol. The number of halogens is 1. The molecule has 2 fully saturated rings. The lowest BCUT2D eigenvalue weighted by atomic mass is 10.2. The number of hydrogen-bond acceptors (Lipinski definition) is 5. The molecule has 0 saturated carbocycles. The van der Waals surface area contributed by atoms with E-state index >= 15 is 0 Å². The van der Waals surface area contributed by atoms with Gasteiger partial charge in [0.05, 0.1) is 21.7 Å². The molecule has 3 aromatic heterocycles. The normalized spacial score (nSPS) is 24.5. The second-order valence-electron chi connectivity index (χ2n) is 5.76. The molecule has 1 N–H and O–H groups in total. The standard InChI is InChI=1S/C14H13ClN6/c15-8-1-12-11(17-4-8)3-13(14-19-18-7-21(12)14)20-6-9-2-10(20)5-16-9/h1,3-4,7,9-10,16H,2,5-6H2/t9-,10-/m0/s1.